The number of hydrogen-bond donors (Lipinski definition) is 1. The normalized spacial score (nSPS) is 24.1. The van der Waals surface area contributed by atoms with E-state index in [2.05, 4.69) is 45.9 Å². The van der Waals surface area contributed by atoms with Crippen molar-refractivity contribution < 1.29 is 4.74 Å². The van der Waals surface area contributed by atoms with Crippen LogP contribution in [0.3, 0.4) is 0 Å². The van der Waals surface area contributed by atoms with Crippen LogP contribution in [0.25, 0.3) is 0 Å². The van der Waals surface area contributed by atoms with Crippen molar-refractivity contribution in [1.82, 2.24) is 0 Å². The smallest absolute Gasteiger partial charge is 0.124 e. The third-order valence-corrected chi connectivity index (χ3v) is 3.22. The number of nitrogens with two attached hydrogens (primary N) is 1. The van der Waals surface area contributed by atoms with E-state index in [-0.39, 0.29) is 17.6 Å². The lowest BCUT2D eigenvalue weighted by atomic mass is 9.85. The van der Waals surface area contributed by atoms with Crippen LogP contribution in [-0.2, 0) is 0 Å². The van der Waals surface area contributed by atoms with Crippen molar-refractivity contribution >= 4 is 0 Å². The Morgan fingerprint density at radius 1 is 1.35 bits per heavy atom. The van der Waals surface area contributed by atoms with Gasteiger partial charge in [0, 0.05) is 18.0 Å². The van der Waals surface area contributed by atoms with E-state index in [1.54, 1.807) is 0 Å². The van der Waals surface area contributed by atoms with Gasteiger partial charge in [-0.3, -0.25) is 0 Å². The molecule has 2 N–H and O–H groups in total. The molecule has 0 amide bonds. The predicted octanol–water partition coefficient (Wildman–Crippen LogP) is 3.58. The molecule has 1 aliphatic rings. The second-order valence-corrected chi connectivity index (χ2v) is 6.39. The molecule has 2 unspecified atom stereocenters. The fourth-order valence-corrected chi connectivity index (χ4v) is 2.51. The van der Waals surface area contributed by atoms with E-state index >= 15 is 0 Å². The van der Waals surface area contributed by atoms with Gasteiger partial charge in [0.15, 0.2) is 0 Å². The molecule has 2 rings (SSSR count). The van der Waals surface area contributed by atoms with Gasteiger partial charge in [-0.15, -0.1) is 0 Å². The third kappa shape index (κ3) is 3.01. The van der Waals surface area contributed by atoms with Crippen molar-refractivity contribution in [3.05, 3.63) is 29.3 Å². The summed E-state index contributed by atoms with van der Waals surface area (Å²) in [4.78, 5) is 0. The number of rotatable bonds is 1. The quantitative estimate of drug-likeness (QED) is 0.804. The second-order valence-electron chi connectivity index (χ2n) is 6.39. The van der Waals surface area contributed by atoms with Crippen LogP contribution < -0.4 is 10.5 Å². The fraction of sp³-hybridized carbons (Fsp3) is 0.600. The van der Waals surface area contributed by atoms with Gasteiger partial charge in [-0.2, -0.15) is 0 Å². The lowest BCUT2D eigenvalue weighted by Gasteiger charge is -2.34. The van der Waals surface area contributed by atoms with Crippen molar-refractivity contribution in [1.29, 1.82) is 0 Å². The van der Waals surface area contributed by atoms with E-state index in [9.17, 15) is 0 Å². The molecule has 1 heterocycles. The van der Waals surface area contributed by atoms with Gasteiger partial charge < -0.3 is 10.5 Å². The zero-order valence-corrected chi connectivity index (χ0v) is 11.3. The van der Waals surface area contributed by atoms with E-state index in [0.717, 1.165) is 24.2 Å². The zero-order chi connectivity index (χ0) is 12.6. The van der Waals surface area contributed by atoms with E-state index in [0.29, 0.717) is 0 Å². The van der Waals surface area contributed by atoms with Gasteiger partial charge in [-0.25, -0.2) is 0 Å². The molecular weight excluding hydrogens is 210 g/mol. The molecule has 0 fully saturated rings. The molecule has 0 aromatic heterocycles. The van der Waals surface area contributed by atoms with Crippen molar-refractivity contribution in [3.8, 4) is 5.75 Å². The largest absolute Gasteiger partial charge is 0.490 e. The molecule has 0 saturated carbocycles. The SMILES string of the molecule is Cc1ccc2c(c1)C(N)CC(CC(C)(C)C)O2. The summed E-state index contributed by atoms with van der Waals surface area (Å²) in [6, 6.07) is 6.41. The van der Waals surface area contributed by atoms with Crippen LogP contribution >= 0.6 is 0 Å². The van der Waals surface area contributed by atoms with Crippen LogP contribution in [0, 0.1) is 12.3 Å². The Morgan fingerprint density at radius 2 is 2.06 bits per heavy atom. The summed E-state index contributed by atoms with van der Waals surface area (Å²) in [7, 11) is 0. The van der Waals surface area contributed by atoms with E-state index in [1.807, 2.05) is 0 Å². The summed E-state index contributed by atoms with van der Waals surface area (Å²) in [5, 5.41) is 0. The number of aryl methyl sites for hydroxylation is 1. The Morgan fingerprint density at radius 3 is 2.71 bits per heavy atom. The average molecular weight is 233 g/mol. The van der Waals surface area contributed by atoms with Gasteiger partial charge >= 0.3 is 0 Å². The van der Waals surface area contributed by atoms with Crippen LogP contribution in [0.4, 0.5) is 0 Å². The number of benzene rings is 1. The standard InChI is InChI=1S/C15H23NO/c1-10-5-6-14-12(7-10)13(16)8-11(17-14)9-15(2,3)4/h5-7,11,13H,8-9,16H2,1-4H3. The first-order chi connectivity index (χ1) is 7.85. The second kappa shape index (κ2) is 4.34. The highest BCUT2D eigenvalue weighted by Gasteiger charge is 2.29. The molecule has 1 aliphatic heterocycles. The van der Waals surface area contributed by atoms with E-state index in [1.165, 1.54) is 5.56 Å². The molecule has 0 spiro atoms. The van der Waals surface area contributed by atoms with E-state index < -0.39 is 0 Å². The molecule has 0 radical (unpaired) electrons. The first kappa shape index (κ1) is 12.4. The van der Waals surface area contributed by atoms with Crippen LogP contribution in [0.15, 0.2) is 18.2 Å². The molecule has 0 bridgehead atoms. The molecule has 2 heteroatoms. The molecule has 0 saturated heterocycles. The third-order valence-electron chi connectivity index (χ3n) is 3.22. The Bertz CT molecular complexity index is 406. The Labute approximate surface area is 104 Å². The monoisotopic (exact) mass is 233 g/mol. The molecule has 2 nitrogen and oxygen atoms in total. The van der Waals surface area contributed by atoms with Crippen LogP contribution in [0.1, 0.15) is 50.8 Å². The average Bonchev–Trinajstić information content (AvgIpc) is 2.17. The highest BCUT2D eigenvalue weighted by molar-refractivity contribution is 5.40. The molecule has 1 aromatic rings. The molecule has 94 valence electrons. The molecule has 17 heavy (non-hydrogen) atoms. The Hall–Kier alpha value is -1.02. The molecule has 2 atom stereocenters. The van der Waals surface area contributed by atoms with Gasteiger partial charge in [0.05, 0.1) is 0 Å². The van der Waals surface area contributed by atoms with Crippen molar-refractivity contribution in [2.24, 2.45) is 11.1 Å². The lowest BCUT2D eigenvalue weighted by molar-refractivity contribution is 0.112. The topological polar surface area (TPSA) is 35.2 Å². The van der Waals surface area contributed by atoms with Crippen molar-refractivity contribution in [2.45, 2.75) is 52.7 Å². The van der Waals surface area contributed by atoms with Gasteiger partial charge in [-0.1, -0.05) is 38.5 Å². The van der Waals surface area contributed by atoms with Crippen LogP contribution in [-0.4, -0.2) is 6.10 Å². The maximum absolute atomic E-state index is 6.24. The van der Waals surface area contributed by atoms with Gasteiger partial charge in [0.25, 0.3) is 0 Å². The zero-order valence-electron chi connectivity index (χ0n) is 11.3. The first-order valence-corrected chi connectivity index (χ1v) is 6.38. The summed E-state index contributed by atoms with van der Waals surface area (Å²) >= 11 is 0. The fourth-order valence-electron chi connectivity index (χ4n) is 2.51. The number of ether oxygens (including phenoxy) is 1. The van der Waals surface area contributed by atoms with Crippen LogP contribution in [0.5, 0.6) is 5.75 Å². The Balaban J connectivity index is 2.19. The van der Waals surface area contributed by atoms with Crippen molar-refractivity contribution in [2.75, 3.05) is 0 Å². The number of fused-ring (bicyclic) bond motifs is 1. The highest BCUT2D eigenvalue weighted by Crippen LogP contribution is 2.37. The highest BCUT2D eigenvalue weighted by atomic mass is 16.5. The Kier molecular flexibility index (Phi) is 3.17. The minimum Gasteiger partial charge on any atom is -0.490 e. The van der Waals surface area contributed by atoms with Gasteiger partial charge in [0.2, 0.25) is 0 Å². The maximum atomic E-state index is 6.24. The molecular formula is C15H23NO. The van der Waals surface area contributed by atoms with Crippen molar-refractivity contribution in [3.63, 3.8) is 0 Å². The van der Waals surface area contributed by atoms with E-state index in [4.69, 9.17) is 10.5 Å². The molecule has 1 aromatic carbocycles. The summed E-state index contributed by atoms with van der Waals surface area (Å²) < 4.78 is 6.05. The minimum absolute atomic E-state index is 0.117. The maximum Gasteiger partial charge on any atom is 0.124 e. The van der Waals surface area contributed by atoms with Gasteiger partial charge in [-0.05, 0) is 24.8 Å². The summed E-state index contributed by atoms with van der Waals surface area (Å²) in [5.41, 5.74) is 8.94. The summed E-state index contributed by atoms with van der Waals surface area (Å²) in [6.07, 6.45) is 2.22. The van der Waals surface area contributed by atoms with Gasteiger partial charge in [0.1, 0.15) is 11.9 Å². The lowest BCUT2D eigenvalue weighted by Crippen LogP contribution is -2.32. The first-order valence-electron chi connectivity index (χ1n) is 6.38. The number of hydrogen-bond acceptors (Lipinski definition) is 2. The summed E-state index contributed by atoms with van der Waals surface area (Å²) in [5.74, 6) is 0.976. The van der Waals surface area contributed by atoms with Crippen LogP contribution in [0.2, 0.25) is 0 Å². The minimum atomic E-state index is 0.117. The summed E-state index contributed by atoms with van der Waals surface area (Å²) in [6.45, 7) is 8.82. The predicted molar refractivity (Wildman–Crippen MR) is 71.2 cm³/mol. The molecule has 0 aliphatic carbocycles.